The van der Waals surface area contributed by atoms with E-state index in [2.05, 4.69) is 0 Å². The molecule has 2 aromatic carbocycles. The highest BCUT2D eigenvalue weighted by molar-refractivity contribution is 5.85. The van der Waals surface area contributed by atoms with Gasteiger partial charge in [0.2, 0.25) is 0 Å². The first kappa shape index (κ1) is 9.80. The highest BCUT2D eigenvalue weighted by Gasteiger charge is 2.00. The van der Waals surface area contributed by atoms with Gasteiger partial charge in [-0.2, -0.15) is 0 Å². The van der Waals surface area contributed by atoms with Gasteiger partial charge in [-0.15, -0.1) is 0 Å². The van der Waals surface area contributed by atoms with Crippen molar-refractivity contribution < 1.29 is 14.9 Å². The fourth-order valence-electron chi connectivity index (χ4n) is 1.48. The van der Waals surface area contributed by atoms with Crippen LogP contribution in [0.3, 0.4) is 0 Å². The predicted molar refractivity (Wildman–Crippen MR) is 57.9 cm³/mol. The summed E-state index contributed by atoms with van der Waals surface area (Å²) in [6, 6.07) is 10.5. The maximum atomic E-state index is 9.27. The van der Waals surface area contributed by atoms with Gasteiger partial charge in [0, 0.05) is 0 Å². The van der Waals surface area contributed by atoms with Crippen LogP contribution < -0.4 is 4.74 Å². The quantitative estimate of drug-likeness (QED) is 0.738. The van der Waals surface area contributed by atoms with Crippen molar-refractivity contribution in [1.82, 2.24) is 0 Å². The Morgan fingerprint density at radius 1 is 1.07 bits per heavy atom. The number of hydrogen-bond donors (Lipinski definition) is 2. The van der Waals surface area contributed by atoms with Crippen LogP contribution in [-0.2, 0) is 0 Å². The summed E-state index contributed by atoms with van der Waals surface area (Å²) in [7, 11) is 0. The first-order valence-corrected chi connectivity index (χ1v) is 4.73. The van der Waals surface area contributed by atoms with Crippen molar-refractivity contribution in [3.05, 3.63) is 36.4 Å². The molecule has 2 rings (SSSR count). The van der Waals surface area contributed by atoms with E-state index >= 15 is 0 Å². The van der Waals surface area contributed by atoms with Crippen molar-refractivity contribution >= 4 is 10.8 Å². The van der Waals surface area contributed by atoms with Crippen LogP contribution in [0.15, 0.2) is 36.4 Å². The topological polar surface area (TPSA) is 49.7 Å². The van der Waals surface area contributed by atoms with Gasteiger partial charge in [0.05, 0.1) is 0 Å². The number of ether oxygens (including phenoxy) is 1. The third-order valence-corrected chi connectivity index (χ3v) is 2.10. The van der Waals surface area contributed by atoms with Gasteiger partial charge < -0.3 is 14.9 Å². The zero-order chi connectivity index (χ0) is 10.8. The van der Waals surface area contributed by atoms with Gasteiger partial charge >= 0.3 is 0 Å². The number of rotatable bonds is 2. The average Bonchev–Trinajstić information content (AvgIpc) is 2.17. The van der Waals surface area contributed by atoms with Crippen molar-refractivity contribution in [2.75, 3.05) is 0 Å². The van der Waals surface area contributed by atoms with Gasteiger partial charge in [0.15, 0.2) is 6.29 Å². The maximum Gasteiger partial charge on any atom is 0.194 e. The van der Waals surface area contributed by atoms with Gasteiger partial charge in [-0.25, -0.2) is 0 Å². The van der Waals surface area contributed by atoms with Crippen LogP contribution >= 0.6 is 0 Å². The van der Waals surface area contributed by atoms with Crippen LogP contribution in [0.5, 0.6) is 11.5 Å². The summed E-state index contributed by atoms with van der Waals surface area (Å²) in [5.41, 5.74) is 0. The van der Waals surface area contributed by atoms with E-state index in [-0.39, 0.29) is 5.75 Å². The molecule has 0 saturated carbocycles. The highest BCUT2D eigenvalue weighted by atomic mass is 16.6. The van der Waals surface area contributed by atoms with Gasteiger partial charge in [0.1, 0.15) is 11.5 Å². The molecule has 15 heavy (non-hydrogen) atoms. The van der Waals surface area contributed by atoms with Crippen LogP contribution in [0, 0.1) is 0 Å². The first-order chi connectivity index (χ1) is 7.15. The summed E-state index contributed by atoms with van der Waals surface area (Å²) < 4.78 is 5.15. The Morgan fingerprint density at radius 3 is 2.47 bits per heavy atom. The lowest BCUT2D eigenvalue weighted by Gasteiger charge is -2.09. The molecule has 3 nitrogen and oxygen atoms in total. The minimum atomic E-state index is -0.820. The van der Waals surface area contributed by atoms with E-state index in [1.807, 2.05) is 12.1 Å². The van der Waals surface area contributed by atoms with E-state index < -0.39 is 6.29 Å². The smallest absolute Gasteiger partial charge is 0.194 e. The molecule has 0 radical (unpaired) electrons. The molecule has 0 amide bonds. The summed E-state index contributed by atoms with van der Waals surface area (Å²) >= 11 is 0. The van der Waals surface area contributed by atoms with E-state index in [9.17, 15) is 5.11 Å². The van der Waals surface area contributed by atoms with Crippen molar-refractivity contribution in [3.63, 3.8) is 0 Å². The molecular weight excluding hydrogens is 192 g/mol. The van der Waals surface area contributed by atoms with Gasteiger partial charge in [-0.3, -0.25) is 0 Å². The summed E-state index contributed by atoms with van der Waals surface area (Å²) in [6.45, 7) is 1.56. The molecule has 78 valence electrons. The van der Waals surface area contributed by atoms with Gasteiger partial charge in [0.25, 0.3) is 0 Å². The maximum absolute atomic E-state index is 9.27. The van der Waals surface area contributed by atoms with Crippen molar-refractivity contribution in [3.8, 4) is 11.5 Å². The molecule has 1 unspecified atom stereocenters. The summed E-state index contributed by atoms with van der Waals surface area (Å²) in [5, 5.41) is 20.2. The third kappa shape index (κ3) is 2.19. The van der Waals surface area contributed by atoms with Crippen LogP contribution in [0.4, 0.5) is 0 Å². The summed E-state index contributed by atoms with van der Waals surface area (Å²) in [5.74, 6) is 0.856. The van der Waals surface area contributed by atoms with E-state index in [0.717, 1.165) is 10.8 Å². The molecule has 0 heterocycles. The second kappa shape index (κ2) is 3.79. The number of aliphatic hydroxyl groups is 1. The lowest BCUT2D eigenvalue weighted by molar-refractivity contribution is -0.000184. The minimum absolute atomic E-state index is 0.242. The van der Waals surface area contributed by atoms with Crippen molar-refractivity contribution in [2.45, 2.75) is 13.2 Å². The number of benzene rings is 2. The number of hydrogen-bond acceptors (Lipinski definition) is 3. The monoisotopic (exact) mass is 204 g/mol. The van der Waals surface area contributed by atoms with Gasteiger partial charge in [-0.05, 0) is 42.0 Å². The Labute approximate surface area is 87.5 Å². The van der Waals surface area contributed by atoms with Crippen molar-refractivity contribution in [1.29, 1.82) is 0 Å². The fraction of sp³-hybridized carbons (Fsp3) is 0.167. The molecule has 0 aromatic heterocycles. The summed E-state index contributed by atoms with van der Waals surface area (Å²) in [6.07, 6.45) is -0.820. The van der Waals surface area contributed by atoms with E-state index in [1.165, 1.54) is 0 Å². The third-order valence-electron chi connectivity index (χ3n) is 2.10. The predicted octanol–water partition coefficient (Wildman–Crippen LogP) is 2.26. The van der Waals surface area contributed by atoms with E-state index in [0.29, 0.717) is 5.75 Å². The van der Waals surface area contributed by atoms with Crippen LogP contribution in [-0.4, -0.2) is 16.5 Å². The number of aromatic hydroxyl groups is 1. The van der Waals surface area contributed by atoms with Crippen LogP contribution in [0.2, 0.25) is 0 Å². The first-order valence-electron chi connectivity index (χ1n) is 4.73. The Kier molecular flexibility index (Phi) is 2.47. The zero-order valence-electron chi connectivity index (χ0n) is 8.34. The SMILES string of the molecule is CC(O)Oc1ccc2cc(O)ccc2c1. The molecule has 0 fully saturated rings. The highest BCUT2D eigenvalue weighted by Crippen LogP contribution is 2.24. The normalized spacial score (nSPS) is 12.7. The summed E-state index contributed by atoms with van der Waals surface area (Å²) in [4.78, 5) is 0. The zero-order valence-corrected chi connectivity index (χ0v) is 8.34. The molecule has 1 atom stereocenters. The average molecular weight is 204 g/mol. The van der Waals surface area contributed by atoms with Crippen LogP contribution in [0.25, 0.3) is 10.8 Å². The Balaban J connectivity index is 2.43. The second-order valence-corrected chi connectivity index (χ2v) is 3.41. The molecule has 0 spiro atoms. The molecular formula is C12H12O3. The largest absolute Gasteiger partial charge is 0.508 e. The Hall–Kier alpha value is -1.74. The molecule has 0 bridgehead atoms. The number of fused-ring (bicyclic) bond motifs is 1. The number of phenols is 1. The molecule has 0 aliphatic carbocycles. The second-order valence-electron chi connectivity index (χ2n) is 3.41. The molecule has 0 aliphatic heterocycles. The molecule has 2 aromatic rings. The number of phenolic OH excluding ortho intramolecular Hbond substituents is 1. The van der Waals surface area contributed by atoms with Crippen molar-refractivity contribution in [2.24, 2.45) is 0 Å². The minimum Gasteiger partial charge on any atom is -0.508 e. The molecule has 2 N–H and O–H groups in total. The van der Waals surface area contributed by atoms with E-state index in [4.69, 9.17) is 9.84 Å². The Bertz CT molecular complexity index is 477. The fourth-order valence-corrected chi connectivity index (χ4v) is 1.48. The number of aliphatic hydroxyl groups excluding tert-OH is 1. The van der Waals surface area contributed by atoms with Gasteiger partial charge in [-0.1, -0.05) is 12.1 Å². The lowest BCUT2D eigenvalue weighted by Crippen LogP contribution is -2.09. The standard InChI is InChI=1S/C12H12O3/c1-8(13)15-12-5-3-9-6-11(14)4-2-10(9)7-12/h2-8,13-14H,1H3. The molecule has 3 heteroatoms. The Morgan fingerprint density at radius 2 is 1.73 bits per heavy atom. The molecule has 0 aliphatic rings. The van der Waals surface area contributed by atoms with Crippen LogP contribution in [0.1, 0.15) is 6.92 Å². The lowest BCUT2D eigenvalue weighted by atomic mass is 10.1. The molecule has 0 saturated heterocycles. The van der Waals surface area contributed by atoms with E-state index in [1.54, 1.807) is 31.2 Å².